The summed E-state index contributed by atoms with van der Waals surface area (Å²) in [5.74, 6) is -4.18. The van der Waals surface area contributed by atoms with Crippen molar-refractivity contribution in [3.8, 4) is 0 Å². The molecule has 52 heavy (non-hydrogen) atoms. The van der Waals surface area contributed by atoms with Gasteiger partial charge in [0.05, 0.1) is 22.2 Å². The normalized spacial score (nSPS) is 31.4. The van der Waals surface area contributed by atoms with E-state index < -0.39 is 58.9 Å². The number of allylic oxidation sites excluding steroid dienone is 2. The minimum atomic E-state index is -2.36. The number of anilines is 2. The molecule has 1 amide bonds. The first-order chi connectivity index (χ1) is 24.5. The predicted octanol–water partition coefficient (Wildman–Crippen LogP) is 5.60. The molecule has 0 saturated heterocycles. The van der Waals surface area contributed by atoms with E-state index in [1.54, 1.807) is 75.4 Å². The Balaban J connectivity index is 1.47. The van der Waals surface area contributed by atoms with Crippen LogP contribution in [0.5, 0.6) is 0 Å². The van der Waals surface area contributed by atoms with Crippen LogP contribution < -0.4 is 11.1 Å². The lowest BCUT2D eigenvalue weighted by molar-refractivity contribution is -0.203. The highest BCUT2D eigenvalue weighted by atomic mass is 16.6. The predicted molar refractivity (Wildman–Crippen MR) is 193 cm³/mol. The molecule has 4 aliphatic carbocycles. The molecular weight excluding hydrogens is 664 g/mol. The molecule has 0 aliphatic heterocycles. The number of nitrogens with two attached hydrogens (primary N) is 1. The number of fused-ring (bicyclic) bond motifs is 3. The second kappa shape index (κ2) is 13.2. The Labute approximate surface area is 303 Å². The number of ether oxygens (including phenoxy) is 3. The number of para-hydroxylation sites is 2. The average molecular weight is 711 g/mol. The monoisotopic (exact) mass is 710 g/mol. The highest BCUT2D eigenvalue weighted by Crippen LogP contribution is 2.72. The maximum atomic E-state index is 15.2. The Bertz CT molecular complexity index is 1960. The fourth-order valence-electron chi connectivity index (χ4n) is 9.06. The molecule has 8 unspecified atom stereocenters. The number of Topliss-reactive ketones (excluding diaryl/α,β-unsaturated/α-hetero) is 1. The van der Waals surface area contributed by atoms with Crippen molar-refractivity contribution in [3.63, 3.8) is 0 Å². The van der Waals surface area contributed by atoms with E-state index in [9.17, 15) is 24.3 Å². The maximum absolute atomic E-state index is 15.2. The summed E-state index contributed by atoms with van der Waals surface area (Å²) in [7, 11) is 0. The number of benzene rings is 2. The van der Waals surface area contributed by atoms with Crippen LogP contribution in [0.15, 0.2) is 83.5 Å². The number of carbonyl (C=O) groups is 5. The number of nitrogens with one attached hydrogen (secondary N) is 1. The standard InChI is InChI=1S/C41H46N2O9/c1-8-21(2)37(47)52-35-25(20-50-24(5)44)18-28-32-29(39(32,6)7)17-23(4)40(33(28)45)19-22(3)34(41(35,40)49)51-38(48)27-14-10-12-16-31(27)43-36(46)26-13-9-11-15-30(26)42/h8-16,18-19,23,28-29,32,34-35,49H,17,20,42H2,1-7H3,(H,43,46). The van der Waals surface area contributed by atoms with Gasteiger partial charge in [0.2, 0.25) is 0 Å². The lowest BCUT2D eigenvalue weighted by Crippen LogP contribution is -2.66. The lowest BCUT2D eigenvalue weighted by atomic mass is 9.59. The first-order valence-corrected chi connectivity index (χ1v) is 17.6. The molecule has 274 valence electrons. The third kappa shape index (κ3) is 5.66. The Morgan fingerprint density at radius 2 is 1.65 bits per heavy atom. The second-order valence-electron chi connectivity index (χ2n) is 15.2. The molecule has 2 fully saturated rings. The number of carbonyl (C=O) groups excluding carboxylic acids is 5. The third-order valence-electron chi connectivity index (χ3n) is 11.9. The van der Waals surface area contributed by atoms with Crippen LogP contribution in [0.1, 0.15) is 75.6 Å². The van der Waals surface area contributed by atoms with Crippen molar-refractivity contribution in [1.29, 1.82) is 0 Å². The Morgan fingerprint density at radius 3 is 2.31 bits per heavy atom. The van der Waals surface area contributed by atoms with Gasteiger partial charge in [-0.1, -0.05) is 63.3 Å². The van der Waals surface area contributed by atoms with Gasteiger partial charge >= 0.3 is 17.9 Å². The number of hydrogen-bond acceptors (Lipinski definition) is 10. The smallest absolute Gasteiger partial charge is 0.340 e. The number of aliphatic hydroxyl groups is 1. The van der Waals surface area contributed by atoms with Gasteiger partial charge in [0, 0.05) is 29.7 Å². The fourth-order valence-corrected chi connectivity index (χ4v) is 9.06. The Hall–Kier alpha value is -5.03. The summed E-state index contributed by atoms with van der Waals surface area (Å²) in [4.78, 5) is 68.4. The van der Waals surface area contributed by atoms with Crippen LogP contribution in [0.25, 0.3) is 0 Å². The van der Waals surface area contributed by atoms with Crippen molar-refractivity contribution in [2.75, 3.05) is 17.7 Å². The van der Waals surface area contributed by atoms with Gasteiger partial charge < -0.3 is 30.4 Å². The van der Waals surface area contributed by atoms with Crippen LogP contribution in [0.4, 0.5) is 11.4 Å². The molecule has 2 aromatic carbocycles. The molecule has 8 atom stereocenters. The van der Waals surface area contributed by atoms with E-state index in [2.05, 4.69) is 19.2 Å². The van der Waals surface area contributed by atoms with Gasteiger partial charge in [0.1, 0.15) is 6.61 Å². The number of esters is 3. The van der Waals surface area contributed by atoms with E-state index in [4.69, 9.17) is 19.9 Å². The quantitative estimate of drug-likeness (QED) is 0.103. The van der Waals surface area contributed by atoms with Crippen LogP contribution in [-0.2, 0) is 28.6 Å². The molecule has 1 spiro atoms. The third-order valence-corrected chi connectivity index (χ3v) is 11.9. The summed E-state index contributed by atoms with van der Waals surface area (Å²) in [5.41, 5.74) is 3.26. The molecular formula is C41H46N2O9. The van der Waals surface area contributed by atoms with E-state index >= 15 is 4.79 Å². The van der Waals surface area contributed by atoms with Crippen LogP contribution in [-0.4, -0.2) is 59.1 Å². The minimum Gasteiger partial charge on any atom is -0.461 e. The zero-order valence-corrected chi connectivity index (χ0v) is 30.5. The molecule has 0 radical (unpaired) electrons. The second-order valence-corrected chi connectivity index (χ2v) is 15.2. The van der Waals surface area contributed by atoms with Crippen molar-refractivity contribution in [2.45, 2.75) is 72.7 Å². The van der Waals surface area contributed by atoms with Gasteiger partial charge in [-0.25, -0.2) is 9.59 Å². The van der Waals surface area contributed by atoms with Gasteiger partial charge in [0.15, 0.2) is 23.6 Å². The van der Waals surface area contributed by atoms with Gasteiger partial charge in [-0.2, -0.15) is 0 Å². The van der Waals surface area contributed by atoms with Crippen molar-refractivity contribution in [1.82, 2.24) is 0 Å². The number of amides is 1. The fraction of sp³-hybridized carbons (Fsp3) is 0.439. The Morgan fingerprint density at radius 1 is 1.00 bits per heavy atom. The summed E-state index contributed by atoms with van der Waals surface area (Å²) in [5, 5.41) is 16.2. The first kappa shape index (κ1) is 36.8. The molecule has 2 saturated carbocycles. The SMILES string of the molecule is CC=C(C)C(=O)OC1C(COC(C)=O)=CC2C(=O)C3(C=C(C)C(OC(=O)c4ccccc4NC(=O)c4ccccc4N)C13O)C(C)CC1C2C1(C)C. The summed E-state index contributed by atoms with van der Waals surface area (Å²) >= 11 is 0. The number of ketones is 1. The molecule has 4 N–H and O–H groups in total. The molecule has 0 aromatic heterocycles. The highest BCUT2D eigenvalue weighted by Gasteiger charge is 2.77. The average Bonchev–Trinajstić information content (AvgIpc) is 3.60. The van der Waals surface area contributed by atoms with Crippen LogP contribution >= 0.6 is 0 Å². The number of rotatable bonds is 8. The van der Waals surface area contributed by atoms with E-state index in [-0.39, 0.29) is 63.3 Å². The van der Waals surface area contributed by atoms with Crippen molar-refractivity contribution < 1.29 is 43.3 Å². The van der Waals surface area contributed by atoms with Gasteiger partial charge in [-0.15, -0.1) is 0 Å². The number of nitrogen functional groups attached to an aromatic ring is 1. The molecule has 11 heteroatoms. The summed E-state index contributed by atoms with van der Waals surface area (Å²) in [6.45, 7) is 11.9. The largest absolute Gasteiger partial charge is 0.461 e. The van der Waals surface area contributed by atoms with E-state index in [0.717, 1.165) is 0 Å². The summed E-state index contributed by atoms with van der Waals surface area (Å²) < 4.78 is 17.9. The Kier molecular flexibility index (Phi) is 9.32. The van der Waals surface area contributed by atoms with Crippen LogP contribution in [0.3, 0.4) is 0 Å². The summed E-state index contributed by atoms with van der Waals surface area (Å²) in [6, 6.07) is 12.7. The zero-order chi connectivity index (χ0) is 37.9. The van der Waals surface area contributed by atoms with Crippen LogP contribution in [0.2, 0.25) is 0 Å². The van der Waals surface area contributed by atoms with Crippen molar-refractivity contribution >= 4 is 41.0 Å². The van der Waals surface area contributed by atoms with E-state index in [1.165, 1.54) is 19.1 Å². The lowest BCUT2D eigenvalue weighted by Gasteiger charge is -2.49. The topological polar surface area (TPSA) is 171 Å². The molecule has 2 aromatic rings. The summed E-state index contributed by atoms with van der Waals surface area (Å²) in [6.07, 6.45) is 2.50. The van der Waals surface area contributed by atoms with Gasteiger partial charge in [-0.05, 0) is 80.2 Å². The van der Waals surface area contributed by atoms with Crippen LogP contribution in [0, 0.1) is 34.5 Å². The van der Waals surface area contributed by atoms with Crippen molar-refractivity contribution in [3.05, 3.63) is 94.6 Å². The molecule has 4 aliphatic rings. The molecule has 0 heterocycles. The minimum absolute atomic E-state index is 0.0218. The highest BCUT2D eigenvalue weighted by molar-refractivity contribution is 6.10. The van der Waals surface area contributed by atoms with Gasteiger partial charge in [0.25, 0.3) is 5.91 Å². The number of hydrogen-bond donors (Lipinski definition) is 3. The molecule has 6 rings (SSSR count). The molecule has 2 bridgehead atoms. The van der Waals surface area contributed by atoms with E-state index in [1.807, 2.05) is 6.92 Å². The molecule has 11 nitrogen and oxygen atoms in total. The maximum Gasteiger partial charge on any atom is 0.340 e. The zero-order valence-electron chi connectivity index (χ0n) is 30.5. The van der Waals surface area contributed by atoms with E-state index in [0.29, 0.717) is 12.0 Å². The first-order valence-electron chi connectivity index (χ1n) is 17.6. The van der Waals surface area contributed by atoms with Crippen molar-refractivity contribution in [2.24, 2.45) is 34.5 Å². The van der Waals surface area contributed by atoms with Gasteiger partial charge in [-0.3, -0.25) is 14.4 Å².